The molecule has 4 heteroatoms. The minimum Gasteiger partial charge on any atom is -0.495 e. The Balaban J connectivity index is 2.01. The molecule has 0 aromatic carbocycles. The summed E-state index contributed by atoms with van der Waals surface area (Å²) < 4.78 is 7.21. The Morgan fingerprint density at radius 2 is 2.38 bits per heavy atom. The van der Waals surface area contributed by atoms with Gasteiger partial charge in [0, 0.05) is 6.20 Å². The first-order valence-corrected chi connectivity index (χ1v) is 5.63. The van der Waals surface area contributed by atoms with Crippen molar-refractivity contribution in [2.75, 3.05) is 13.7 Å². The van der Waals surface area contributed by atoms with E-state index >= 15 is 0 Å². The predicted octanol–water partition coefficient (Wildman–Crippen LogP) is 1.77. The number of hydrogen-bond donors (Lipinski definition) is 1. The Labute approximate surface area is 94.3 Å². The van der Waals surface area contributed by atoms with Gasteiger partial charge >= 0.3 is 0 Å². The molecule has 2 aromatic heterocycles. The lowest BCUT2D eigenvalue weighted by Crippen LogP contribution is -2.12. The van der Waals surface area contributed by atoms with Gasteiger partial charge in [0.15, 0.2) is 0 Å². The van der Waals surface area contributed by atoms with Gasteiger partial charge in [-0.3, -0.25) is 0 Å². The number of imidazole rings is 1. The van der Waals surface area contributed by atoms with Crippen LogP contribution in [0.15, 0.2) is 24.5 Å². The lowest BCUT2D eigenvalue weighted by Gasteiger charge is -2.04. The van der Waals surface area contributed by atoms with E-state index in [0.717, 1.165) is 23.6 Å². The van der Waals surface area contributed by atoms with Gasteiger partial charge in [-0.15, -0.1) is 0 Å². The molecule has 1 N–H and O–H groups in total. The summed E-state index contributed by atoms with van der Waals surface area (Å²) in [5.41, 5.74) is 2.11. The first-order chi connectivity index (χ1) is 7.86. The molecule has 1 saturated heterocycles. The summed E-state index contributed by atoms with van der Waals surface area (Å²) in [5, 5.41) is 3.46. The van der Waals surface area contributed by atoms with Gasteiger partial charge in [0.1, 0.15) is 11.4 Å². The van der Waals surface area contributed by atoms with Crippen molar-refractivity contribution in [2.24, 2.45) is 0 Å². The van der Waals surface area contributed by atoms with E-state index in [1.54, 1.807) is 7.11 Å². The van der Waals surface area contributed by atoms with Crippen LogP contribution in [0.3, 0.4) is 0 Å². The van der Waals surface area contributed by atoms with Crippen molar-refractivity contribution in [3.8, 4) is 5.75 Å². The molecular formula is C12H15N3O. The van der Waals surface area contributed by atoms with Crippen LogP contribution in [-0.4, -0.2) is 23.0 Å². The molecule has 1 aliphatic heterocycles. The highest BCUT2D eigenvalue weighted by atomic mass is 16.5. The molecule has 84 valence electrons. The molecule has 0 saturated carbocycles. The van der Waals surface area contributed by atoms with Crippen molar-refractivity contribution in [2.45, 2.75) is 18.9 Å². The Kier molecular flexibility index (Phi) is 2.29. The minimum absolute atomic E-state index is 0.422. The quantitative estimate of drug-likeness (QED) is 0.833. The van der Waals surface area contributed by atoms with Gasteiger partial charge in [0.25, 0.3) is 0 Å². The number of ether oxygens (including phenoxy) is 1. The molecule has 0 amide bonds. The summed E-state index contributed by atoms with van der Waals surface area (Å²) >= 11 is 0. The molecular weight excluding hydrogens is 202 g/mol. The summed E-state index contributed by atoms with van der Waals surface area (Å²) in [6.07, 6.45) is 6.46. The fourth-order valence-corrected chi connectivity index (χ4v) is 2.22. The molecule has 1 atom stereocenters. The molecule has 16 heavy (non-hydrogen) atoms. The summed E-state index contributed by atoms with van der Waals surface area (Å²) in [6, 6.07) is 4.34. The fraction of sp³-hybridized carbons (Fsp3) is 0.417. The zero-order chi connectivity index (χ0) is 11.0. The van der Waals surface area contributed by atoms with Crippen molar-refractivity contribution in [1.82, 2.24) is 14.7 Å². The maximum Gasteiger partial charge on any atom is 0.137 e. The predicted molar refractivity (Wildman–Crippen MR) is 61.7 cm³/mol. The third-order valence-electron chi connectivity index (χ3n) is 3.10. The van der Waals surface area contributed by atoms with E-state index in [2.05, 4.69) is 16.5 Å². The molecule has 1 unspecified atom stereocenters. The van der Waals surface area contributed by atoms with Crippen LogP contribution in [0.2, 0.25) is 0 Å². The van der Waals surface area contributed by atoms with Gasteiger partial charge < -0.3 is 14.5 Å². The van der Waals surface area contributed by atoms with Crippen LogP contribution in [0.4, 0.5) is 0 Å². The zero-order valence-electron chi connectivity index (χ0n) is 9.31. The monoisotopic (exact) mass is 217 g/mol. The van der Waals surface area contributed by atoms with Crippen molar-refractivity contribution in [3.63, 3.8) is 0 Å². The number of hydrogen-bond acceptors (Lipinski definition) is 3. The molecule has 3 heterocycles. The summed E-state index contributed by atoms with van der Waals surface area (Å²) in [5.74, 6) is 0.857. The standard InChI is InChI=1S/C12H15N3O/c1-16-9-4-5-12-14-11(8-15(12)7-9)10-3-2-6-13-10/h4-5,7-8,10,13H,2-3,6H2,1H3. The maximum absolute atomic E-state index is 5.19. The van der Waals surface area contributed by atoms with E-state index in [9.17, 15) is 0 Å². The summed E-state index contributed by atoms with van der Waals surface area (Å²) in [6.45, 7) is 1.10. The highest BCUT2D eigenvalue weighted by Gasteiger charge is 2.18. The van der Waals surface area contributed by atoms with Gasteiger partial charge in [0.2, 0.25) is 0 Å². The second-order valence-corrected chi connectivity index (χ2v) is 4.15. The van der Waals surface area contributed by atoms with Crippen LogP contribution in [0, 0.1) is 0 Å². The molecule has 0 spiro atoms. The van der Waals surface area contributed by atoms with E-state index in [0.29, 0.717) is 6.04 Å². The van der Waals surface area contributed by atoms with E-state index in [1.165, 1.54) is 12.8 Å². The number of nitrogens with zero attached hydrogens (tertiary/aromatic N) is 2. The third-order valence-corrected chi connectivity index (χ3v) is 3.10. The number of aromatic nitrogens is 2. The third kappa shape index (κ3) is 1.55. The van der Waals surface area contributed by atoms with E-state index in [4.69, 9.17) is 4.74 Å². The van der Waals surface area contributed by atoms with Gasteiger partial charge in [-0.05, 0) is 31.5 Å². The van der Waals surface area contributed by atoms with Crippen molar-refractivity contribution >= 4 is 5.65 Å². The molecule has 0 aliphatic carbocycles. The van der Waals surface area contributed by atoms with Gasteiger partial charge in [-0.1, -0.05) is 0 Å². The normalized spacial score (nSPS) is 20.4. The van der Waals surface area contributed by atoms with Crippen LogP contribution >= 0.6 is 0 Å². The van der Waals surface area contributed by atoms with E-state index in [1.807, 2.05) is 22.7 Å². The Bertz CT molecular complexity index is 500. The van der Waals surface area contributed by atoms with E-state index < -0.39 is 0 Å². The number of rotatable bonds is 2. The largest absolute Gasteiger partial charge is 0.495 e. The summed E-state index contributed by atoms with van der Waals surface area (Å²) in [7, 11) is 1.68. The van der Waals surface area contributed by atoms with Gasteiger partial charge in [-0.25, -0.2) is 4.98 Å². The number of fused-ring (bicyclic) bond motifs is 1. The van der Waals surface area contributed by atoms with Crippen LogP contribution < -0.4 is 10.1 Å². The van der Waals surface area contributed by atoms with Crippen LogP contribution in [0.25, 0.3) is 5.65 Å². The van der Waals surface area contributed by atoms with Crippen molar-refractivity contribution < 1.29 is 4.74 Å². The number of methoxy groups -OCH3 is 1. The zero-order valence-corrected chi connectivity index (χ0v) is 9.31. The second kappa shape index (κ2) is 3.79. The average molecular weight is 217 g/mol. The molecule has 0 bridgehead atoms. The number of nitrogens with one attached hydrogen (secondary N) is 1. The van der Waals surface area contributed by atoms with Crippen LogP contribution in [-0.2, 0) is 0 Å². The topological polar surface area (TPSA) is 38.6 Å². The lowest BCUT2D eigenvalue weighted by molar-refractivity contribution is 0.412. The lowest BCUT2D eigenvalue weighted by atomic mass is 10.2. The fourth-order valence-electron chi connectivity index (χ4n) is 2.22. The van der Waals surface area contributed by atoms with Gasteiger partial charge in [0.05, 0.1) is 25.0 Å². The molecule has 2 aromatic rings. The Morgan fingerprint density at radius 1 is 1.44 bits per heavy atom. The summed E-state index contributed by atoms with van der Waals surface area (Å²) in [4.78, 5) is 4.62. The molecule has 3 rings (SSSR count). The number of pyridine rings is 1. The van der Waals surface area contributed by atoms with Crippen molar-refractivity contribution in [3.05, 3.63) is 30.2 Å². The molecule has 0 radical (unpaired) electrons. The highest BCUT2D eigenvalue weighted by Crippen LogP contribution is 2.23. The van der Waals surface area contributed by atoms with Crippen molar-refractivity contribution in [1.29, 1.82) is 0 Å². The minimum atomic E-state index is 0.422. The first kappa shape index (κ1) is 9.66. The molecule has 1 fully saturated rings. The smallest absolute Gasteiger partial charge is 0.137 e. The van der Waals surface area contributed by atoms with Crippen LogP contribution in [0.5, 0.6) is 5.75 Å². The first-order valence-electron chi connectivity index (χ1n) is 5.63. The van der Waals surface area contributed by atoms with Crippen LogP contribution in [0.1, 0.15) is 24.6 Å². The highest BCUT2D eigenvalue weighted by molar-refractivity contribution is 5.43. The molecule has 4 nitrogen and oxygen atoms in total. The molecule has 1 aliphatic rings. The Hall–Kier alpha value is -1.55. The van der Waals surface area contributed by atoms with E-state index in [-0.39, 0.29) is 0 Å². The average Bonchev–Trinajstić information content (AvgIpc) is 2.96. The second-order valence-electron chi connectivity index (χ2n) is 4.15. The SMILES string of the molecule is COc1ccc2nc(C3CCCN3)cn2c1. The maximum atomic E-state index is 5.19. The Morgan fingerprint density at radius 3 is 3.12 bits per heavy atom. The van der Waals surface area contributed by atoms with Gasteiger partial charge in [-0.2, -0.15) is 0 Å².